The Labute approximate surface area is 119 Å². The highest BCUT2D eigenvalue weighted by Gasteiger charge is 2.12. The number of unbranched alkanes of at least 4 members (excludes halogenated alkanes) is 7. The van der Waals surface area contributed by atoms with Crippen molar-refractivity contribution in [3.05, 3.63) is 18.0 Å². The van der Waals surface area contributed by atoms with Gasteiger partial charge in [-0.3, -0.25) is 5.10 Å². The molecule has 1 unspecified atom stereocenters. The zero-order valence-corrected chi connectivity index (χ0v) is 13.0. The summed E-state index contributed by atoms with van der Waals surface area (Å²) in [5.74, 6) is 0.734. The van der Waals surface area contributed by atoms with Gasteiger partial charge in [0, 0.05) is 6.20 Å². The summed E-state index contributed by atoms with van der Waals surface area (Å²) in [6.45, 7) is 4.56. The maximum Gasteiger partial charge on any atom is 0.0522 e. The van der Waals surface area contributed by atoms with Crippen molar-refractivity contribution >= 4 is 0 Å². The number of rotatable bonds is 12. The summed E-state index contributed by atoms with van der Waals surface area (Å²) in [6.07, 6.45) is 19.2. The van der Waals surface area contributed by atoms with Crippen LogP contribution in [0.3, 0.4) is 0 Å². The highest BCUT2D eigenvalue weighted by Crippen LogP contribution is 2.27. The first-order valence-electron chi connectivity index (χ1n) is 8.37. The van der Waals surface area contributed by atoms with Crippen LogP contribution in [0, 0.1) is 0 Å². The quantitative estimate of drug-likeness (QED) is 0.473. The largest absolute Gasteiger partial charge is 0.285 e. The molecule has 0 amide bonds. The molecule has 0 aromatic carbocycles. The Balaban J connectivity index is 2.25. The van der Waals surface area contributed by atoms with Crippen molar-refractivity contribution in [3.8, 4) is 0 Å². The fraction of sp³-hybridized carbons (Fsp3) is 0.824. The van der Waals surface area contributed by atoms with Crippen LogP contribution in [-0.4, -0.2) is 10.2 Å². The SMILES string of the molecule is CCCCCCCC(CCCCCC)c1cn[nH]c1. The highest BCUT2D eigenvalue weighted by atomic mass is 15.1. The van der Waals surface area contributed by atoms with E-state index < -0.39 is 0 Å². The van der Waals surface area contributed by atoms with Gasteiger partial charge in [0.25, 0.3) is 0 Å². The Bertz CT molecular complexity index is 279. The molecule has 110 valence electrons. The van der Waals surface area contributed by atoms with Crippen LogP contribution in [0.5, 0.6) is 0 Å². The van der Waals surface area contributed by atoms with Crippen molar-refractivity contribution < 1.29 is 0 Å². The Morgan fingerprint density at radius 1 is 0.895 bits per heavy atom. The third-order valence-corrected chi connectivity index (χ3v) is 4.05. The predicted octanol–water partition coefficient (Wildman–Crippen LogP) is 5.82. The molecule has 0 aliphatic rings. The molecule has 0 saturated heterocycles. The van der Waals surface area contributed by atoms with Gasteiger partial charge in [-0.1, -0.05) is 71.6 Å². The Kier molecular flexibility index (Phi) is 9.48. The average Bonchev–Trinajstić information content (AvgIpc) is 2.95. The monoisotopic (exact) mass is 264 g/mol. The minimum atomic E-state index is 0.734. The predicted molar refractivity (Wildman–Crippen MR) is 83.5 cm³/mol. The van der Waals surface area contributed by atoms with E-state index in [-0.39, 0.29) is 0 Å². The zero-order chi connectivity index (χ0) is 13.8. The lowest BCUT2D eigenvalue weighted by molar-refractivity contribution is 0.493. The summed E-state index contributed by atoms with van der Waals surface area (Å²) in [6, 6.07) is 0. The normalized spacial score (nSPS) is 12.7. The smallest absolute Gasteiger partial charge is 0.0522 e. The number of nitrogens with zero attached hydrogens (tertiary/aromatic N) is 1. The van der Waals surface area contributed by atoms with E-state index in [1.54, 1.807) is 0 Å². The first-order chi connectivity index (χ1) is 9.38. The standard InChI is InChI=1S/C17H32N2/c1-3-5-7-9-11-13-16(12-10-8-6-4-2)17-14-18-19-15-17/h14-16H,3-13H2,1-2H3,(H,18,19). The van der Waals surface area contributed by atoms with Crippen molar-refractivity contribution in [2.75, 3.05) is 0 Å². The molecule has 0 aliphatic carbocycles. The lowest BCUT2D eigenvalue weighted by atomic mass is 9.90. The summed E-state index contributed by atoms with van der Waals surface area (Å²) < 4.78 is 0. The Hall–Kier alpha value is -0.790. The second-order valence-corrected chi connectivity index (χ2v) is 5.78. The first kappa shape index (κ1) is 16.3. The molecule has 1 aromatic heterocycles. The third kappa shape index (κ3) is 7.39. The molecule has 0 spiro atoms. The molecule has 0 fully saturated rings. The van der Waals surface area contributed by atoms with Crippen LogP contribution in [0.1, 0.15) is 96.0 Å². The summed E-state index contributed by atoms with van der Waals surface area (Å²) in [4.78, 5) is 0. The van der Waals surface area contributed by atoms with Crippen LogP contribution in [0.4, 0.5) is 0 Å². The van der Waals surface area contributed by atoms with Gasteiger partial charge in [-0.15, -0.1) is 0 Å². The highest BCUT2D eigenvalue weighted by molar-refractivity contribution is 5.09. The van der Waals surface area contributed by atoms with Gasteiger partial charge in [0.15, 0.2) is 0 Å². The number of hydrogen-bond donors (Lipinski definition) is 1. The molecule has 1 atom stereocenters. The first-order valence-corrected chi connectivity index (χ1v) is 8.37. The maximum atomic E-state index is 4.12. The molecule has 1 N–H and O–H groups in total. The zero-order valence-electron chi connectivity index (χ0n) is 13.0. The van der Waals surface area contributed by atoms with Crippen LogP contribution in [-0.2, 0) is 0 Å². The molecule has 1 heterocycles. The summed E-state index contributed by atoms with van der Waals surface area (Å²) in [5.41, 5.74) is 1.42. The second-order valence-electron chi connectivity index (χ2n) is 5.78. The van der Waals surface area contributed by atoms with E-state index in [1.165, 1.54) is 76.2 Å². The van der Waals surface area contributed by atoms with Crippen LogP contribution in [0.2, 0.25) is 0 Å². The van der Waals surface area contributed by atoms with Crippen molar-refractivity contribution in [2.45, 2.75) is 90.4 Å². The summed E-state index contributed by atoms with van der Waals surface area (Å²) in [7, 11) is 0. The molecule has 2 nitrogen and oxygen atoms in total. The van der Waals surface area contributed by atoms with E-state index in [0.717, 1.165) is 5.92 Å². The molecule has 0 bridgehead atoms. The average molecular weight is 264 g/mol. The number of hydrogen-bond acceptors (Lipinski definition) is 1. The van der Waals surface area contributed by atoms with Gasteiger partial charge in [0.2, 0.25) is 0 Å². The van der Waals surface area contributed by atoms with Crippen molar-refractivity contribution in [2.24, 2.45) is 0 Å². The molecule has 2 heteroatoms. The lowest BCUT2D eigenvalue weighted by Gasteiger charge is -2.15. The Morgan fingerprint density at radius 2 is 1.47 bits per heavy atom. The van der Waals surface area contributed by atoms with Crippen LogP contribution in [0.15, 0.2) is 12.4 Å². The topological polar surface area (TPSA) is 28.7 Å². The number of aromatic nitrogens is 2. The fourth-order valence-electron chi connectivity index (χ4n) is 2.77. The van der Waals surface area contributed by atoms with Gasteiger partial charge in [0.05, 0.1) is 6.20 Å². The maximum absolute atomic E-state index is 4.12. The van der Waals surface area contributed by atoms with E-state index in [1.807, 2.05) is 6.20 Å². The molecule has 19 heavy (non-hydrogen) atoms. The second kappa shape index (κ2) is 11.1. The minimum Gasteiger partial charge on any atom is -0.285 e. The van der Waals surface area contributed by atoms with E-state index in [4.69, 9.17) is 0 Å². The van der Waals surface area contributed by atoms with Gasteiger partial charge >= 0.3 is 0 Å². The third-order valence-electron chi connectivity index (χ3n) is 4.05. The van der Waals surface area contributed by atoms with Crippen LogP contribution < -0.4 is 0 Å². The van der Waals surface area contributed by atoms with Gasteiger partial charge < -0.3 is 0 Å². The molecule has 1 aromatic rings. The van der Waals surface area contributed by atoms with Gasteiger partial charge in [0.1, 0.15) is 0 Å². The minimum absolute atomic E-state index is 0.734. The van der Waals surface area contributed by atoms with E-state index in [9.17, 15) is 0 Å². The number of H-pyrrole nitrogens is 1. The van der Waals surface area contributed by atoms with E-state index >= 15 is 0 Å². The molecular weight excluding hydrogens is 232 g/mol. The lowest BCUT2D eigenvalue weighted by Crippen LogP contribution is -1.98. The van der Waals surface area contributed by atoms with E-state index in [0.29, 0.717) is 0 Å². The number of aromatic amines is 1. The molecule has 1 rings (SSSR count). The molecule has 0 aliphatic heterocycles. The van der Waals surface area contributed by atoms with Crippen molar-refractivity contribution in [1.82, 2.24) is 10.2 Å². The molecule has 0 saturated carbocycles. The summed E-state index contributed by atoms with van der Waals surface area (Å²) in [5, 5.41) is 7.09. The fourth-order valence-corrected chi connectivity index (χ4v) is 2.77. The Morgan fingerprint density at radius 3 is 2.00 bits per heavy atom. The molecular formula is C17H32N2. The number of nitrogens with one attached hydrogen (secondary N) is 1. The van der Waals surface area contributed by atoms with Gasteiger partial charge in [-0.25, -0.2) is 0 Å². The van der Waals surface area contributed by atoms with Gasteiger partial charge in [-0.05, 0) is 24.3 Å². The van der Waals surface area contributed by atoms with Crippen LogP contribution in [0.25, 0.3) is 0 Å². The van der Waals surface area contributed by atoms with Gasteiger partial charge in [-0.2, -0.15) is 5.10 Å². The molecule has 0 radical (unpaired) electrons. The van der Waals surface area contributed by atoms with E-state index in [2.05, 4.69) is 30.2 Å². The van der Waals surface area contributed by atoms with Crippen molar-refractivity contribution in [3.63, 3.8) is 0 Å². The summed E-state index contributed by atoms with van der Waals surface area (Å²) >= 11 is 0. The van der Waals surface area contributed by atoms with Crippen molar-refractivity contribution in [1.29, 1.82) is 0 Å². The van der Waals surface area contributed by atoms with Crippen LogP contribution >= 0.6 is 0 Å².